The van der Waals surface area contributed by atoms with E-state index in [1.807, 2.05) is 0 Å². The van der Waals surface area contributed by atoms with Crippen molar-refractivity contribution in [2.45, 2.75) is 6.92 Å². The minimum atomic E-state index is -0.970. The summed E-state index contributed by atoms with van der Waals surface area (Å²) < 4.78 is 28.8. The van der Waals surface area contributed by atoms with Crippen LogP contribution >= 0.6 is 11.6 Å². The minimum absolute atomic E-state index is 0.205. The van der Waals surface area contributed by atoms with Crippen molar-refractivity contribution in [2.24, 2.45) is 0 Å². The summed E-state index contributed by atoms with van der Waals surface area (Å²) in [6.07, 6.45) is 0. The van der Waals surface area contributed by atoms with Crippen LogP contribution < -0.4 is 11.5 Å². The normalized spacial score (nSPS) is 11.3. The highest BCUT2D eigenvalue weighted by Gasteiger charge is 2.17. The van der Waals surface area contributed by atoms with Crippen molar-refractivity contribution < 1.29 is 8.78 Å². The fraction of sp³-hybridized carbons (Fsp3) is 0.0526. The highest BCUT2D eigenvalue weighted by Crippen LogP contribution is 2.34. The summed E-state index contributed by atoms with van der Waals surface area (Å²) in [5.41, 5.74) is 14.8. The van der Waals surface area contributed by atoms with Crippen LogP contribution in [0.3, 0.4) is 0 Å². The predicted molar refractivity (Wildman–Crippen MR) is 103 cm³/mol. The van der Waals surface area contributed by atoms with E-state index in [-0.39, 0.29) is 5.82 Å². The lowest BCUT2D eigenvalue weighted by Crippen LogP contribution is -2.06. The third kappa shape index (κ3) is 2.86. The zero-order valence-electron chi connectivity index (χ0n) is 14.2. The molecular formula is C19H14ClF2N5. The van der Waals surface area contributed by atoms with Crippen LogP contribution in [-0.4, -0.2) is 14.5 Å². The first-order valence-electron chi connectivity index (χ1n) is 8.01. The Morgan fingerprint density at radius 3 is 2.30 bits per heavy atom. The fourth-order valence-electron chi connectivity index (χ4n) is 3.10. The summed E-state index contributed by atoms with van der Waals surface area (Å²) in [6.45, 7) is 1.71. The van der Waals surface area contributed by atoms with Crippen LogP contribution in [-0.2, 0) is 0 Å². The molecule has 0 aliphatic carbocycles. The van der Waals surface area contributed by atoms with Gasteiger partial charge in [0.05, 0.1) is 11.0 Å². The van der Waals surface area contributed by atoms with Gasteiger partial charge in [0.1, 0.15) is 17.5 Å². The van der Waals surface area contributed by atoms with Gasteiger partial charge in [0, 0.05) is 34.5 Å². The van der Waals surface area contributed by atoms with E-state index >= 15 is 0 Å². The number of hydrogen-bond acceptors (Lipinski definition) is 4. The standard InChI is InChI=1S/C19H14ClF2N5/c1-9-25-15-6-12(21)13(22)7-16(15)27(9)17-8-14(23)18(19(24)26-17)10-2-4-11(20)5-3-10/h2-8H,1H3,(H4,23,24,26). The van der Waals surface area contributed by atoms with Crippen molar-refractivity contribution in [2.75, 3.05) is 11.5 Å². The number of benzene rings is 2. The highest BCUT2D eigenvalue weighted by atomic mass is 35.5. The van der Waals surface area contributed by atoms with E-state index < -0.39 is 11.6 Å². The number of nitrogen functional groups attached to an aromatic ring is 2. The van der Waals surface area contributed by atoms with E-state index in [0.29, 0.717) is 38.9 Å². The van der Waals surface area contributed by atoms with Gasteiger partial charge in [0.15, 0.2) is 11.6 Å². The SMILES string of the molecule is Cc1nc2cc(F)c(F)cc2n1-c1cc(N)c(-c2ccc(Cl)cc2)c(N)n1. The maximum atomic E-state index is 13.7. The van der Waals surface area contributed by atoms with E-state index in [0.717, 1.165) is 17.7 Å². The van der Waals surface area contributed by atoms with Crippen molar-refractivity contribution in [3.05, 3.63) is 64.9 Å². The average Bonchev–Trinajstić information content (AvgIpc) is 2.91. The topological polar surface area (TPSA) is 82.8 Å². The van der Waals surface area contributed by atoms with Gasteiger partial charge in [0.25, 0.3) is 0 Å². The highest BCUT2D eigenvalue weighted by molar-refractivity contribution is 6.30. The number of hydrogen-bond donors (Lipinski definition) is 2. The Bertz CT molecular complexity index is 1160. The minimum Gasteiger partial charge on any atom is -0.398 e. The van der Waals surface area contributed by atoms with Crippen LogP contribution in [0.4, 0.5) is 20.3 Å². The maximum absolute atomic E-state index is 13.7. The number of halogens is 3. The number of aromatic nitrogens is 3. The lowest BCUT2D eigenvalue weighted by Gasteiger charge is -2.13. The molecule has 27 heavy (non-hydrogen) atoms. The van der Waals surface area contributed by atoms with Gasteiger partial charge in [-0.1, -0.05) is 23.7 Å². The molecule has 0 saturated heterocycles. The number of imidazole rings is 1. The molecule has 2 heterocycles. The predicted octanol–water partition coefficient (Wildman–Crippen LogP) is 4.49. The molecule has 0 amide bonds. The molecule has 2 aromatic carbocycles. The summed E-state index contributed by atoms with van der Waals surface area (Å²) in [5, 5.41) is 0.593. The molecule has 8 heteroatoms. The van der Waals surface area contributed by atoms with E-state index in [4.69, 9.17) is 23.1 Å². The molecular weight excluding hydrogens is 372 g/mol. The largest absolute Gasteiger partial charge is 0.398 e. The molecule has 0 bridgehead atoms. The number of aryl methyl sites for hydroxylation is 1. The zero-order valence-corrected chi connectivity index (χ0v) is 14.9. The van der Waals surface area contributed by atoms with Gasteiger partial charge >= 0.3 is 0 Å². The second-order valence-electron chi connectivity index (χ2n) is 6.09. The Balaban J connectivity index is 1.91. The molecule has 4 N–H and O–H groups in total. The fourth-order valence-corrected chi connectivity index (χ4v) is 3.22. The maximum Gasteiger partial charge on any atom is 0.161 e. The Labute approximate surface area is 158 Å². The van der Waals surface area contributed by atoms with Gasteiger partial charge in [0.2, 0.25) is 0 Å². The molecule has 0 aliphatic rings. The molecule has 0 spiro atoms. The third-order valence-corrected chi connectivity index (χ3v) is 4.54. The summed E-state index contributed by atoms with van der Waals surface area (Å²) in [5.74, 6) is -0.856. The van der Waals surface area contributed by atoms with E-state index in [9.17, 15) is 8.78 Å². The molecule has 0 aliphatic heterocycles. The van der Waals surface area contributed by atoms with Crippen LogP contribution in [0.1, 0.15) is 5.82 Å². The van der Waals surface area contributed by atoms with Crippen molar-refractivity contribution in [1.82, 2.24) is 14.5 Å². The molecule has 2 aromatic heterocycles. The van der Waals surface area contributed by atoms with Gasteiger partial charge in [-0.2, -0.15) is 0 Å². The van der Waals surface area contributed by atoms with E-state index in [1.165, 1.54) is 0 Å². The first-order chi connectivity index (χ1) is 12.8. The van der Waals surface area contributed by atoms with Gasteiger partial charge in [-0.25, -0.2) is 18.7 Å². The molecule has 0 radical (unpaired) electrons. The number of anilines is 2. The van der Waals surface area contributed by atoms with Crippen LogP contribution in [0.25, 0.3) is 28.0 Å². The van der Waals surface area contributed by atoms with Gasteiger partial charge in [-0.05, 0) is 24.6 Å². The molecule has 136 valence electrons. The summed E-state index contributed by atoms with van der Waals surface area (Å²) in [7, 11) is 0. The lowest BCUT2D eigenvalue weighted by molar-refractivity contribution is 0.510. The molecule has 4 aromatic rings. The van der Waals surface area contributed by atoms with Gasteiger partial charge < -0.3 is 11.5 Å². The van der Waals surface area contributed by atoms with Crippen LogP contribution in [0.5, 0.6) is 0 Å². The van der Waals surface area contributed by atoms with Crippen molar-refractivity contribution >= 4 is 34.1 Å². The summed E-state index contributed by atoms with van der Waals surface area (Å²) >= 11 is 5.92. The van der Waals surface area contributed by atoms with Crippen LogP contribution in [0.15, 0.2) is 42.5 Å². The third-order valence-electron chi connectivity index (χ3n) is 4.29. The molecule has 0 unspecified atom stereocenters. The Morgan fingerprint density at radius 1 is 0.963 bits per heavy atom. The second-order valence-corrected chi connectivity index (χ2v) is 6.52. The average molecular weight is 386 g/mol. The second kappa shape index (κ2) is 6.21. The number of nitrogens with zero attached hydrogens (tertiary/aromatic N) is 3. The van der Waals surface area contributed by atoms with Crippen molar-refractivity contribution in [3.63, 3.8) is 0 Å². The number of pyridine rings is 1. The Hall–Kier alpha value is -3.19. The van der Waals surface area contributed by atoms with Gasteiger partial charge in [-0.15, -0.1) is 0 Å². The summed E-state index contributed by atoms with van der Waals surface area (Å²) in [6, 6.07) is 10.8. The van der Waals surface area contributed by atoms with Crippen LogP contribution in [0, 0.1) is 18.6 Å². The smallest absolute Gasteiger partial charge is 0.161 e. The first-order valence-corrected chi connectivity index (χ1v) is 8.39. The van der Waals surface area contributed by atoms with E-state index in [1.54, 1.807) is 41.8 Å². The molecule has 0 atom stereocenters. The van der Waals surface area contributed by atoms with Crippen molar-refractivity contribution in [1.29, 1.82) is 0 Å². The first kappa shape index (κ1) is 17.2. The zero-order chi connectivity index (χ0) is 19.3. The Kier molecular flexibility index (Phi) is 3.96. The number of fused-ring (bicyclic) bond motifs is 1. The van der Waals surface area contributed by atoms with E-state index in [2.05, 4.69) is 9.97 Å². The molecule has 5 nitrogen and oxygen atoms in total. The van der Waals surface area contributed by atoms with Crippen LogP contribution in [0.2, 0.25) is 5.02 Å². The quantitative estimate of drug-likeness (QED) is 0.532. The number of nitrogens with two attached hydrogens (primary N) is 2. The van der Waals surface area contributed by atoms with Gasteiger partial charge in [-0.3, -0.25) is 4.57 Å². The molecule has 4 rings (SSSR count). The molecule has 0 saturated carbocycles. The van der Waals surface area contributed by atoms with Crippen molar-refractivity contribution in [3.8, 4) is 16.9 Å². The Morgan fingerprint density at radius 2 is 1.63 bits per heavy atom. The monoisotopic (exact) mass is 385 g/mol. The number of rotatable bonds is 2. The summed E-state index contributed by atoms with van der Waals surface area (Å²) in [4.78, 5) is 8.67. The molecule has 0 fully saturated rings. The lowest BCUT2D eigenvalue weighted by atomic mass is 10.0.